The molecule has 1 heterocycles. The Morgan fingerprint density at radius 2 is 2.23 bits per heavy atom. The highest BCUT2D eigenvalue weighted by Gasteiger charge is 2.24. The number of likely N-dealkylation sites (N-methyl/N-ethyl adjacent to an activating group) is 1. The van der Waals surface area contributed by atoms with Crippen molar-refractivity contribution in [2.45, 2.75) is 6.10 Å². The minimum atomic E-state index is -0.175. The highest BCUT2D eigenvalue weighted by molar-refractivity contribution is 5.46. The Hall–Kier alpha value is -1.09. The number of anilines is 1. The molecule has 0 spiro atoms. The van der Waals surface area contributed by atoms with Crippen LogP contribution in [0.1, 0.15) is 0 Å². The fourth-order valence-corrected chi connectivity index (χ4v) is 1.34. The predicted octanol–water partition coefficient (Wildman–Crippen LogP) is 1.66. The van der Waals surface area contributed by atoms with Crippen LogP contribution in [0.15, 0.2) is 24.3 Å². The number of epoxide rings is 1. The summed E-state index contributed by atoms with van der Waals surface area (Å²) in [7, 11) is 1.88. The molecule has 1 saturated heterocycles. The number of ether oxygens (including phenoxy) is 1. The molecular formula is C10H12FNO. The van der Waals surface area contributed by atoms with Gasteiger partial charge in [-0.05, 0) is 12.1 Å². The van der Waals surface area contributed by atoms with E-state index >= 15 is 0 Å². The van der Waals surface area contributed by atoms with Gasteiger partial charge in [-0.25, -0.2) is 4.39 Å². The lowest BCUT2D eigenvalue weighted by Crippen LogP contribution is -2.23. The Morgan fingerprint density at radius 1 is 1.54 bits per heavy atom. The lowest BCUT2D eigenvalue weighted by molar-refractivity contribution is 0.409. The summed E-state index contributed by atoms with van der Waals surface area (Å²) < 4.78 is 18.3. The van der Waals surface area contributed by atoms with Crippen molar-refractivity contribution >= 4 is 5.69 Å². The smallest absolute Gasteiger partial charge is 0.146 e. The number of rotatable bonds is 3. The van der Waals surface area contributed by atoms with Gasteiger partial charge >= 0.3 is 0 Å². The van der Waals surface area contributed by atoms with E-state index in [2.05, 4.69) is 0 Å². The SMILES string of the molecule is CN(CC1CO1)c1ccccc1F. The molecular weight excluding hydrogens is 169 g/mol. The van der Waals surface area contributed by atoms with Crippen molar-refractivity contribution in [3.8, 4) is 0 Å². The van der Waals surface area contributed by atoms with Gasteiger partial charge in [0.1, 0.15) is 5.82 Å². The third-order valence-electron chi connectivity index (χ3n) is 2.14. The predicted molar refractivity (Wildman–Crippen MR) is 49.4 cm³/mol. The lowest BCUT2D eigenvalue weighted by Gasteiger charge is -2.18. The van der Waals surface area contributed by atoms with Crippen molar-refractivity contribution < 1.29 is 9.13 Å². The first kappa shape index (κ1) is 8.51. The van der Waals surface area contributed by atoms with Gasteiger partial charge in [0.25, 0.3) is 0 Å². The molecule has 1 aromatic rings. The molecule has 1 fully saturated rings. The van der Waals surface area contributed by atoms with Crippen LogP contribution in [-0.2, 0) is 4.74 Å². The number of hydrogen-bond acceptors (Lipinski definition) is 2. The number of benzene rings is 1. The second-order valence-corrected chi connectivity index (χ2v) is 3.29. The molecule has 3 heteroatoms. The monoisotopic (exact) mass is 181 g/mol. The van der Waals surface area contributed by atoms with Gasteiger partial charge in [0.05, 0.1) is 18.4 Å². The number of nitrogens with zero attached hydrogens (tertiary/aromatic N) is 1. The zero-order valence-electron chi connectivity index (χ0n) is 7.53. The first-order valence-corrected chi connectivity index (χ1v) is 4.34. The standard InChI is InChI=1S/C10H12FNO/c1-12(6-8-7-13-8)10-5-3-2-4-9(10)11/h2-5,8H,6-7H2,1H3. The molecule has 0 amide bonds. The normalized spacial score (nSPS) is 20.0. The molecule has 1 aromatic carbocycles. The van der Waals surface area contributed by atoms with Crippen LogP contribution in [0.25, 0.3) is 0 Å². The molecule has 0 saturated carbocycles. The van der Waals surface area contributed by atoms with Gasteiger partial charge in [-0.15, -0.1) is 0 Å². The number of para-hydroxylation sites is 1. The summed E-state index contributed by atoms with van der Waals surface area (Å²) in [4.78, 5) is 1.88. The minimum Gasteiger partial charge on any atom is -0.371 e. The van der Waals surface area contributed by atoms with Crippen LogP contribution in [0.3, 0.4) is 0 Å². The summed E-state index contributed by atoms with van der Waals surface area (Å²) in [5.74, 6) is -0.175. The van der Waals surface area contributed by atoms with Gasteiger partial charge in [0.15, 0.2) is 0 Å². The fraction of sp³-hybridized carbons (Fsp3) is 0.400. The first-order chi connectivity index (χ1) is 6.27. The van der Waals surface area contributed by atoms with Crippen LogP contribution >= 0.6 is 0 Å². The Morgan fingerprint density at radius 3 is 2.85 bits per heavy atom. The first-order valence-electron chi connectivity index (χ1n) is 4.34. The van der Waals surface area contributed by atoms with Gasteiger partial charge in [-0.1, -0.05) is 12.1 Å². The molecule has 2 rings (SSSR count). The van der Waals surface area contributed by atoms with Gasteiger partial charge in [-0.3, -0.25) is 0 Å². The zero-order chi connectivity index (χ0) is 9.26. The Balaban J connectivity index is 2.09. The summed E-state index contributed by atoms with van der Waals surface area (Å²) in [5, 5.41) is 0. The summed E-state index contributed by atoms with van der Waals surface area (Å²) in [6, 6.07) is 6.78. The van der Waals surface area contributed by atoms with Crippen LogP contribution in [-0.4, -0.2) is 26.3 Å². The van der Waals surface area contributed by atoms with Gasteiger partial charge in [0.2, 0.25) is 0 Å². The van der Waals surface area contributed by atoms with Crippen LogP contribution in [0.2, 0.25) is 0 Å². The molecule has 13 heavy (non-hydrogen) atoms. The number of halogens is 1. The Bertz CT molecular complexity index is 299. The summed E-state index contributed by atoms with van der Waals surface area (Å²) in [6.07, 6.45) is 0.296. The van der Waals surface area contributed by atoms with Crippen LogP contribution in [0.5, 0.6) is 0 Å². The third-order valence-corrected chi connectivity index (χ3v) is 2.14. The van der Waals surface area contributed by atoms with Crippen molar-refractivity contribution in [3.63, 3.8) is 0 Å². The Kier molecular flexibility index (Phi) is 2.19. The van der Waals surface area contributed by atoms with E-state index in [1.54, 1.807) is 12.1 Å². The topological polar surface area (TPSA) is 15.8 Å². The Labute approximate surface area is 76.9 Å². The lowest BCUT2D eigenvalue weighted by atomic mass is 10.2. The largest absolute Gasteiger partial charge is 0.371 e. The highest BCUT2D eigenvalue weighted by atomic mass is 19.1. The fourth-order valence-electron chi connectivity index (χ4n) is 1.34. The summed E-state index contributed by atoms with van der Waals surface area (Å²) in [5.41, 5.74) is 0.637. The van der Waals surface area contributed by atoms with E-state index in [1.807, 2.05) is 18.0 Å². The molecule has 1 aliphatic rings. The van der Waals surface area contributed by atoms with Crippen molar-refractivity contribution in [1.29, 1.82) is 0 Å². The van der Waals surface area contributed by atoms with Crippen molar-refractivity contribution in [3.05, 3.63) is 30.1 Å². The van der Waals surface area contributed by atoms with E-state index in [-0.39, 0.29) is 5.82 Å². The molecule has 1 atom stereocenters. The van der Waals surface area contributed by atoms with Gasteiger partial charge in [0, 0.05) is 13.6 Å². The maximum atomic E-state index is 13.2. The van der Waals surface area contributed by atoms with Crippen LogP contribution in [0.4, 0.5) is 10.1 Å². The maximum absolute atomic E-state index is 13.2. The van der Waals surface area contributed by atoms with Gasteiger partial charge in [-0.2, -0.15) is 0 Å². The minimum absolute atomic E-state index is 0.175. The van der Waals surface area contributed by atoms with E-state index in [4.69, 9.17) is 4.74 Å². The average Bonchev–Trinajstić information content (AvgIpc) is 2.89. The third kappa shape index (κ3) is 1.98. The second-order valence-electron chi connectivity index (χ2n) is 3.29. The van der Waals surface area contributed by atoms with E-state index < -0.39 is 0 Å². The summed E-state index contributed by atoms with van der Waals surface area (Å²) in [6.45, 7) is 1.57. The van der Waals surface area contributed by atoms with Crippen molar-refractivity contribution in [1.82, 2.24) is 0 Å². The van der Waals surface area contributed by atoms with Crippen LogP contribution in [0, 0.1) is 5.82 Å². The molecule has 70 valence electrons. The van der Waals surface area contributed by atoms with Crippen molar-refractivity contribution in [2.24, 2.45) is 0 Å². The van der Waals surface area contributed by atoms with E-state index in [0.717, 1.165) is 13.2 Å². The molecule has 0 bridgehead atoms. The average molecular weight is 181 g/mol. The zero-order valence-corrected chi connectivity index (χ0v) is 7.53. The molecule has 0 aliphatic carbocycles. The molecule has 1 aliphatic heterocycles. The van der Waals surface area contributed by atoms with Crippen molar-refractivity contribution in [2.75, 3.05) is 25.1 Å². The molecule has 2 nitrogen and oxygen atoms in total. The highest BCUT2D eigenvalue weighted by Crippen LogP contribution is 2.19. The van der Waals surface area contributed by atoms with E-state index in [9.17, 15) is 4.39 Å². The second kappa shape index (κ2) is 3.34. The molecule has 0 aromatic heterocycles. The molecule has 1 unspecified atom stereocenters. The van der Waals surface area contributed by atoms with Gasteiger partial charge < -0.3 is 9.64 Å². The van der Waals surface area contributed by atoms with Crippen LogP contribution < -0.4 is 4.90 Å². The van der Waals surface area contributed by atoms with E-state index in [0.29, 0.717) is 11.8 Å². The summed E-state index contributed by atoms with van der Waals surface area (Å²) >= 11 is 0. The molecule has 0 radical (unpaired) electrons. The maximum Gasteiger partial charge on any atom is 0.146 e. The van der Waals surface area contributed by atoms with E-state index in [1.165, 1.54) is 6.07 Å². The number of hydrogen-bond donors (Lipinski definition) is 0. The quantitative estimate of drug-likeness (QED) is 0.659. The molecule has 0 N–H and O–H groups in total.